The Kier molecular flexibility index (Phi) is 7.29. The van der Waals surface area contributed by atoms with Crippen molar-refractivity contribution in [2.24, 2.45) is 18.7 Å². The maximum absolute atomic E-state index is 14.3. The zero-order valence-electron chi connectivity index (χ0n) is 22.3. The van der Waals surface area contributed by atoms with E-state index in [9.17, 15) is 9.18 Å². The number of pyridine rings is 1. The fourth-order valence-corrected chi connectivity index (χ4v) is 4.51. The van der Waals surface area contributed by atoms with Gasteiger partial charge < -0.3 is 20.5 Å². The first kappa shape index (κ1) is 26.3. The molecule has 1 aromatic carbocycles. The number of carbonyl (C=O) groups is 1. The lowest BCUT2D eigenvalue weighted by molar-refractivity contribution is -0.145. The number of nitrogens with zero attached hydrogens (tertiary/aromatic N) is 6. The highest BCUT2D eigenvalue weighted by Gasteiger charge is 2.23. The lowest BCUT2D eigenvalue weighted by atomic mass is 9.99. The summed E-state index contributed by atoms with van der Waals surface area (Å²) in [4.78, 5) is 18.3. The largest absolute Gasteiger partial charge is 0.485 e. The summed E-state index contributed by atoms with van der Waals surface area (Å²) in [5.74, 6) is -0.190. The number of anilines is 1. The Morgan fingerprint density at radius 1 is 1.23 bits per heavy atom. The molecule has 1 aliphatic rings. The average Bonchev–Trinajstić information content (AvgIpc) is 3.49. The van der Waals surface area contributed by atoms with E-state index in [1.165, 1.54) is 16.9 Å². The van der Waals surface area contributed by atoms with Gasteiger partial charge in [0.15, 0.2) is 18.3 Å². The van der Waals surface area contributed by atoms with E-state index in [0.717, 1.165) is 28.1 Å². The molecule has 0 fully saturated rings. The Labute approximate surface area is 225 Å². The summed E-state index contributed by atoms with van der Waals surface area (Å²) >= 11 is 0. The number of rotatable bonds is 6. The van der Waals surface area contributed by atoms with Crippen LogP contribution in [0.4, 0.5) is 10.2 Å². The zero-order valence-corrected chi connectivity index (χ0v) is 22.3. The standard InChI is InChI=1S/C27H31FN8O3/c1-5-36-25-16(12-32-36)9-21-24(34-35(4)33-21)20-7-6-19(28)8-18(20)13-38-22-10-17(25)11-30-26(22)31-14-39-27(37)23(29)15(2)3/h6-8,10-12,15,23H,5,9,13-14,29H2,1-4H3,(H,30,31). The average molecular weight is 535 g/mol. The van der Waals surface area contributed by atoms with Crippen LogP contribution in [0, 0.1) is 11.7 Å². The van der Waals surface area contributed by atoms with Crippen LogP contribution in [0.25, 0.3) is 22.5 Å². The Balaban J connectivity index is 1.56. The number of benzene rings is 1. The number of hydrogen-bond acceptors (Lipinski definition) is 9. The Bertz CT molecular complexity index is 1510. The summed E-state index contributed by atoms with van der Waals surface area (Å²) in [5, 5.41) is 16.8. The molecule has 0 aliphatic carbocycles. The van der Waals surface area contributed by atoms with Gasteiger partial charge in [0, 0.05) is 48.5 Å². The number of ether oxygens (including phenoxy) is 2. The Morgan fingerprint density at radius 3 is 2.82 bits per heavy atom. The third kappa shape index (κ3) is 5.32. The number of aromatic nitrogens is 6. The number of nitrogens with two attached hydrogens (primary N) is 1. The van der Waals surface area contributed by atoms with Crippen molar-refractivity contribution < 1.29 is 18.7 Å². The topological polar surface area (TPSA) is 135 Å². The van der Waals surface area contributed by atoms with Gasteiger partial charge in [-0.2, -0.15) is 20.1 Å². The molecule has 5 rings (SSSR count). The number of carbonyl (C=O) groups excluding carboxylic acids is 1. The normalized spacial score (nSPS) is 13.3. The Morgan fingerprint density at radius 2 is 2.05 bits per heavy atom. The van der Waals surface area contributed by atoms with E-state index < -0.39 is 12.0 Å². The molecule has 12 heteroatoms. The number of esters is 1. The van der Waals surface area contributed by atoms with E-state index in [1.807, 2.05) is 37.7 Å². The number of hydrogen-bond donors (Lipinski definition) is 2. The van der Waals surface area contributed by atoms with Gasteiger partial charge >= 0.3 is 5.97 Å². The van der Waals surface area contributed by atoms with Crippen molar-refractivity contribution in [1.82, 2.24) is 29.8 Å². The van der Waals surface area contributed by atoms with Gasteiger partial charge in [-0.1, -0.05) is 13.8 Å². The van der Waals surface area contributed by atoms with E-state index in [1.54, 1.807) is 19.3 Å². The van der Waals surface area contributed by atoms with E-state index >= 15 is 0 Å². The van der Waals surface area contributed by atoms with Gasteiger partial charge in [-0.3, -0.25) is 9.48 Å². The smallest absolute Gasteiger partial charge is 0.324 e. The van der Waals surface area contributed by atoms with Gasteiger partial charge in [0.2, 0.25) is 0 Å². The van der Waals surface area contributed by atoms with Crippen molar-refractivity contribution in [2.45, 2.75) is 46.4 Å². The second kappa shape index (κ2) is 10.8. The maximum Gasteiger partial charge on any atom is 0.324 e. The summed E-state index contributed by atoms with van der Waals surface area (Å²) in [7, 11) is 1.76. The highest BCUT2D eigenvalue weighted by molar-refractivity contribution is 5.76. The highest BCUT2D eigenvalue weighted by atomic mass is 19.1. The third-order valence-corrected chi connectivity index (χ3v) is 6.63. The molecule has 4 aromatic rings. The van der Waals surface area contributed by atoms with Crippen molar-refractivity contribution in [3.05, 3.63) is 59.3 Å². The number of halogens is 1. The van der Waals surface area contributed by atoms with Crippen molar-refractivity contribution in [3.63, 3.8) is 0 Å². The van der Waals surface area contributed by atoms with Crippen LogP contribution in [0.5, 0.6) is 5.75 Å². The SMILES string of the molecule is CCn1ncc2c1-c1cnc(NCOC(=O)C(N)C(C)C)c(c1)OCc1cc(F)ccc1-c1nn(C)nc1C2. The van der Waals surface area contributed by atoms with Crippen LogP contribution in [-0.4, -0.2) is 48.5 Å². The van der Waals surface area contributed by atoms with Crippen LogP contribution in [0.15, 0.2) is 36.7 Å². The van der Waals surface area contributed by atoms with E-state index in [0.29, 0.717) is 35.8 Å². The summed E-state index contributed by atoms with van der Waals surface area (Å²) in [5.41, 5.74) is 11.2. The molecule has 0 saturated carbocycles. The maximum atomic E-state index is 14.3. The Hall–Kier alpha value is -4.32. The molecule has 1 unspecified atom stereocenters. The van der Waals surface area contributed by atoms with Crippen molar-refractivity contribution in [2.75, 3.05) is 12.0 Å². The fraction of sp³-hybridized carbons (Fsp3) is 0.370. The second-order valence-corrected chi connectivity index (χ2v) is 9.71. The first-order chi connectivity index (χ1) is 18.7. The minimum atomic E-state index is -0.728. The van der Waals surface area contributed by atoms with E-state index in [2.05, 4.69) is 25.6 Å². The summed E-state index contributed by atoms with van der Waals surface area (Å²) in [6.07, 6.45) is 4.00. The molecule has 11 nitrogen and oxygen atoms in total. The van der Waals surface area contributed by atoms with Crippen LogP contribution >= 0.6 is 0 Å². The van der Waals surface area contributed by atoms with Crippen LogP contribution in [-0.2, 0) is 36.2 Å². The molecule has 0 amide bonds. The minimum absolute atomic E-state index is 0.0425. The van der Waals surface area contributed by atoms with Gasteiger partial charge in [-0.05, 0) is 37.1 Å². The molecule has 1 aliphatic heterocycles. The quantitative estimate of drug-likeness (QED) is 0.282. The monoisotopic (exact) mass is 534 g/mol. The second-order valence-electron chi connectivity index (χ2n) is 9.71. The van der Waals surface area contributed by atoms with Crippen molar-refractivity contribution in [1.29, 1.82) is 0 Å². The van der Waals surface area contributed by atoms with Crippen molar-refractivity contribution >= 4 is 11.8 Å². The van der Waals surface area contributed by atoms with E-state index in [4.69, 9.17) is 15.2 Å². The predicted molar refractivity (Wildman–Crippen MR) is 142 cm³/mol. The molecule has 3 aromatic heterocycles. The van der Waals surface area contributed by atoms with Crippen LogP contribution in [0.1, 0.15) is 37.6 Å². The van der Waals surface area contributed by atoms with Crippen LogP contribution < -0.4 is 15.8 Å². The molecule has 1 atom stereocenters. The van der Waals surface area contributed by atoms with Gasteiger partial charge in [0.05, 0.1) is 17.6 Å². The molecule has 0 radical (unpaired) electrons. The summed E-state index contributed by atoms with van der Waals surface area (Å²) in [6, 6.07) is 5.64. The molecule has 3 N–H and O–H groups in total. The third-order valence-electron chi connectivity index (χ3n) is 6.63. The van der Waals surface area contributed by atoms with Gasteiger partial charge in [-0.25, -0.2) is 9.37 Å². The number of nitrogens with one attached hydrogen (secondary N) is 1. The summed E-state index contributed by atoms with van der Waals surface area (Å²) in [6.45, 7) is 6.25. The molecular weight excluding hydrogens is 503 g/mol. The molecule has 2 bridgehead atoms. The zero-order chi connectivity index (χ0) is 27.7. The van der Waals surface area contributed by atoms with Crippen LogP contribution in [0.3, 0.4) is 0 Å². The fourth-order valence-electron chi connectivity index (χ4n) is 4.51. The molecule has 39 heavy (non-hydrogen) atoms. The van der Waals surface area contributed by atoms with E-state index in [-0.39, 0.29) is 25.1 Å². The summed E-state index contributed by atoms with van der Waals surface area (Å²) < 4.78 is 27.8. The first-order valence-corrected chi connectivity index (χ1v) is 12.8. The molecule has 4 heterocycles. The lowest BCUT2D eigenvalue weighted by Gasteiger charge is -2.18. The minimum Gasteiger partial charge on any atom is -0.485 e. The van der Waals surface area contributed by atoms with Gasteiger partial charge in [-0.15, -0.1) is 0 Å². The van der Waals surface area contributed by atoms with Crippen molar-refractivity contribution in [3.8, 4) is 28.3 Å². The molecule has 0 saturated heterocycles. The lowest BCUT2D eigenvalue weighted by Crippen LogP contribution is -2.37. The first-order valence-electron chi connectivity index (χ1n) is 12.8. The molecular formula is C27H31FN8O3. The predicted octanol–water partition coefficient (Wildman–Crippen LogP) is 3.28. The highest BCUT2D eigenvalue weighted by Crippen LogP contribution is 2.35. The number of fused-ring (bicyclic) bond motifs is 7. The number of aryl methyl sites for hydroxylation is 2. The van der Waals surface area contributed by atoms with Crippen LogP contribution in [0.2, 0.25) is 0 Å². The molecule has 0 spiro atoms. The van der Waals surface area contributed by atoms with Gasteiger partial charge in [0.1, 0.15) is 24.2 Å². The van der Waals surface area contributed by atoms with Gasteiger partial charge in [0.25, 0.3) is 0 Å². The molecule has 204 valence electrons.